The SMILES string of the molecule is CCOc1ccc(S(=O)(=O)NC(=O)c2ccc(C)n2C)cc1. The Hall–Kier alpha value is -2.28. The molecule has 0 atom stereocenters. The summed E-state index contributed by atoms with van der Waals surface area (Å²) in [7, 11) is -2.21. The Bertz CT molecular complexity index is 776. The molecule has 0 unspecified atom stereocenters. The molecule has 1 aromatic heterocycles. The van der Waals surface area contributed by atoms with Crippen LogP contribution in [-0.2, 0) is 17.1 Å². The number of carbonyl (C=O) groups is 1. The molecule has 118 valence electrons. The standard InChI is InChI=1S/C15H18N2O4S/c1-4-21-12-6-8-13(9-7-12)22(19,20)16-15(18)14-10-5-11(2)17(14)3/h5-10H,4H2,1-3H3,(H,16,18). The van der Waals surface area contributed by atoms with Crippen LogP contribution >= 0.6 is 0 Å². The van der Waals surface area contributed by atoms with E-state index in [4.69, 9.17) is 4.74 Å². The summed E-state index contributed by atoms with van der Waals surface area (Å²) in [5.41, 5.74) is 1.15. The van der Waals surface area contributed by atoms with Gasteiger partial charge < -0.3 is 9.30 Å². The molecule has 0 saturated carbocycles. The van der Waals surface area contributed by atoms with Crippen molar-refractivity contribution < 1.29 is 17.9 Å². The van der Waals surface area contributed by atoms with Gasteiger partial charge in [0, 0.05) is 12.7 Å². The highest BCUT2D eigenvalue weighted by atomic mass is 32.2. The Morgan fingerprint density at radius 3 is 2.32 bits per heavy atom. The van der Waals surface area contributed by atoms with E-state index in [0.29, 0.717) is 12.4 Å². The van der Waals surface area contributed by atoms with Crippen LogP contribution in [0.2, 0.25) is 0 Å². The zero-order valence-electron chi connectivity index (χ0n) is 12.7. The largest absolute Gasteiger partial charge is 0.494 e. The minimum atomic E-state index is -3.92. The van der Waals surface area contributed by atoms with E-state index >= 15 is 0 Å². The van der Waals surface area contributed by atoms with E-state index < -0.39 is 15.9 Å². The molecule has 1 amide bonds. The van der Waals surface area contributed by atoms with Crippen LogP contribution in [0.15, 0.2) is 41.3 Å². The van der Waals surface area contributed by atoms with Gasteiger partial charge in [0.15, 0.2) is 0 Å². The third-order valence-electron chi connectivity index (χ3n) is 3.28. The molecule has 1 N–H and O–H groups in total. The number of amides is 1. The van der Waals surface area contributed by atoms with E-state index in [0.717, 1.165) is 5.69 Å². The minimum Gasteiger partial charge on any atom is -0.494 e. The molecule has 1 heterocycles. The summed E-state index contributed by atoms with van der Waals surface area (Å²) in [6.45, 7) is 4.17. The molecule has 0 radical (unpaired) electrons. The van der Waals surface area contributed by atoms with E-state index in [-0.39, 0.29) is 10.6 Å². The molecule has 0 aliphatic rings. The van der Waals surface area contributed by atoms with Crippen molar-refractivity contribution in [3.8, 4) is 5.75 Å². The first-order valence-corrected chi connectivity index (χ1v) is 8.26. The van der Waals surface area contributed by atoms with E-state index in [1.165, 1.54) is 12.1 Å². The molecular formula is C15H18N2O4S. The lowest BCUT2D eigenvalue weighted by molar-refractivity contribution is 0.0973. The number of rotatable bonds is 5. The number of sulfonamides is 1. The van der Waals surface area contributed by atoms with Crippen molar-refractivity contribution >= 4 is 15.9 Å². The zero-order valence-corrected chi connectivity index (χ0v) is 13.5. The predicted octanol–water partition coefficient (Wildman–Crippen LogP) is 1.85. The van der Waals surface area contributed by atoms with E-state index in [9.17, 15) is 13.2 Å². The maximum absolute atomic E-state index is 12.2. The number of hydrogen-bond donors (Lipinski definition) is 1. The van der Waals surface area contributed by atoms with Gasteiger partial charge in [0.1, 0.15) is 11.4 Å². The molecule has 0 spiro atoms. The molecule has 0 fully saturated rings. The molecule has 22 heavy (non-hydrogen) atoms. The Morgan fingerprint density at radius 1 is 1.18 bits per heavy atom. The molecule has 2 aromatic rings. The van der Waals surface area contributed by atoms with Crippen molar-refractivity contribution in [2.75, 3.05) is 6.61 Å². The van der Waals surface area contributed by atoms with Crippen molar-refractivity contribution in [2.45, 2.75) is 18.7 Å². The van der Waals surface area contributed by atoms with E-state index in [1.54, 1.807) is 35.9 Å². The monoisotopic (exact) mass is 322 g/mol. The first-order valence-electron chi connectivity index (χ1n) is 6.77. The lowest BCUT2D eigenvalue weighted by atomic mass is 10.3. The Labute approximate surface area is 129 Å². The molecule has 0 bridgehead atoms. The van der Waals surface area contributed by atoms with Gasteiger partial charge >= 0.3 is 0 Å². The van der Waals surface area contributed by atoms with Crippen molar-refractivity contribution in [3.63, 3.8) is 0 Å². The highest BCUT2D eigenvalue weighted by molar-refractivity contribution is 7.90. The van der Waals surface area contributed by atoms with E-state index in [1.807, 2.05) is 13.8 Å². The van der Waals surface area contributed by atoms with Crippen LogP contribution in [0, 0.1) is 6.92 Å². The van der Waals surface area contributed by atoms with Crippen LogP contribution in [0.4, 0.5) is 0 Å². The summed E-state index contributed by atoms with van der Waals surface area (Å²) in [5, 5.41) is 0. The first-order chi connectivity index (χ1) is 10.3. The van der Waals surface area contributed by atoms with Gasteiger partial charge in [-0.05, 0) is 50.2 Å². The average Bonchev–Trinajstić information content (AvgIpc) is 2.79. The van der Waals surface area contributed by atoms with Crippen LogP contribution < -0.4 is 9.46 Å². The van der Waals surface area contributed by atoms with Crippen LogP contribution in [0.5, 0.6) is 5.75 Å². The summed E-state index contributed by atoms with van der Waals surface area (Å²) in [4.78, 5) is 12.1. The molecule has 6 nitrogen and oxygen atoms in total. The molecule has 0 saturated heterocycles. The molecular weight excluding hydrogens is 304 g/mol. The number of aryl methyl sites for hydroxylation is 1. The number of benzene rings is 1. The summed E-state index contributed by atoms with van der Waals surface area (Å²) in [5.74, 6) is -0.0877. The fraction of sp³-hybridized carbons (Fsp3) is 0.267. The molecule has 2 rings (SSSR count). The molecule has 7 heteroatoms. The predicted molar refractivity (Wildman–Crippen MR) is 82.4 cm³/mol. The number of nitrogens with one attached hydrogen (secondary N) is 1. The lowest BCUT2D eigenvalue weighted by Gasteiger charge is -2.09. The quantitative estimate of drug-likeness (QED) is 0.911. The third kappa shape index (κ3) is 3.30. The number of nitrogens with zero attached hydrogens (tertiary/aromatic N) is 1. The number of aromatic nitrogens is 1. The van der Waals surface area contributed by atoms with Crippen LogP contribution in [0.3, 0.4) is 0 Å². The van der Waals surface area contributed by atoms with Crippen molar-refractivity contribution in [1.29, 1.82) is 0 Å². The van der Waals surface area contributed by atoms with Gasteiger partial charge in [0.05, 0.1) is 11.5 Å². The van der Waals surface area contributed by atoms with E-state index in [2.05, 4.69) is 4.72 Å². The molecule has 0 aliphatic carbocycles. The smallest absolute Gasteiger partial charge is 0.281 e. The zero-order chi connectivity index (χ0) is 16.3. The third-order valence-corrected chi connectivity index (χ3v) is 4.62. The van der Waals surface area contributed by atoms with Crippen molar-refractivity contribution in [1.82, 2.24) is 9.29 Å². The Kier molecular flexibility index (Phi) is 4.56. The highest BCUT2D eigenvalue weighted by Gasteiger charge is 2.20. The molecule has 0 aliphatic heterocycles. The average molecular weight is 322 g/mol. The number of carbonyl (C=O) groups excluding carboxylic acids is 1. The van der Waals surface area contributed by atoms with Gasteiger partial charge in [-0.3, -0.25) is 4.79 Å². The number of hydrogen-bond acceptors (Lipinski definition) is 4. The second kappa shape index (κ2) is 6.23. The normalized spacial score (nSPS) is 11.2. The summed E-state index contributed by atoms with van der Waals surface area (Å²) >= 11 is 0. The minimum absolute atomic E-state index is 0.00948. The summed E-state index contributed by atoms with van der Waals surface area (Å²) in [6.07, 6.45) is 0. The summed E-state index contributed by atoms with van der Waals surface area (Å²) < 4.78 is 33.4. The topological polar surface area (TPSA) is 77.4 Å². The Balaban J connectivity index is 2.20. The van der Waals surface area contributed by atoms with Gasteiger partial charge in [-0.15, -0.1) is 0 Å². The van der Waals surface area contributed by atoms with Crippen LogP contribution in [0.1, 0.15) is 23.1 Å². The van der Waals surface area contributed by atoms with Gasteiger partial charge in [-0.25, -0.2) is 13.1 Å². The van der Waals surface area contributed by atoms with Gasteiger partial charge in [-0.2, -0.15) is 0 Å². The Morgan fingerprint density at radius 2 is 1.82 bits per heavy atom. The first kappa shape index (κ1) is 16.1. The second-order valence-electron chi connectivity index (χ2n) is 4.76. The van der Waals surface area contributed by atoms with Crippen LogP contribution in [-0.4, -0.2) is 25.5 Å². The van der Waals surface area contributed by atoms with Crippen molar-refractivity contribution in [3.05, 3.63) is 47.8 Å². The maximum atomic E-state index is 12.2. The fourth-order valence-corrected chi connectivity index (χ4v) is 2.92. The fourth-order valence-electron chi connectivity index (χ4n) is 1.96. The lowest BCUT2D eigenvalue weighted by Crippen LogP contribution is -2.31. The highest BCUT2D eigenvalue weighted by Crippen LogP contribution is 2.16. The molecule has 1 aromatic carbocycles. The maximum Gasteiger partial charge on any atom is 0.281 e. The van der Waals surface area contributed by atoms with Gasteiger partial charge in [0.25, 0.3) is 15.9 Å². The van der Waals surface area contributed by atoms with Crippen LogP contribution in [0.25, 0.3) is 0 Å². The van der Waals surface area contributed by atoms with Gasteiger partial charge in [-0.1, -0.05) is 0 Å². The summed E-state index contributed by atoms with van der Waals surface area (Å²) in [6, 6.07) is 9.23. The van der Waals surface area contributed by atoms with Gasteiger partial charge in [0.2, 0.25) is 0 Å². The number of ether oxygens (including phenoxy) is 1. The second-order valence-corrected chi connectivity index (χ2v) is 6.44. The van der Waals surface area contributed by atoms with Crippen molar-refractivity contribution in [2.24, 2.45) is 7.05 Å².